The van der Waals surface area contributed by atoms with Crippen LogP contribution in [0.4, 0.5) is 0 Å². The third-order valence-electron chi connectivity index (χ3n) is 2.50. The van der Waals surface area contributed by atoms with Crippen LogP contribution in [0, 0.1) is 5.92 Å². The number of hydrogen-bond acceptors (Lipinski definition) is 2. The van der Waals surface area contributed by atoms with Crippen LogP contribution >= 0.6 is 0 Å². The average molecular weight is 225 g/mol. The molecule has 0 aliphatic rings. The van der Waals surface area contributed by atoms with Crippen molar-refractivity contribution in [2.75, 3.05) is 0 Å². The third-order valence-corrected chi connectivity index (χ3v) is 2.50. The summed E-state index contributed by atoms with van der Waals surface area (Å²) >= 11 is 0. The Hall–Kier alpha value is -1.09. The van der Waals surface area contributed by atoms with Gasteiger partial charge in [-0.3, -0.25) is 4.79 Å². The Balaban J connectivity index is 4.42. The van der Waals surface area contributed by atoms with E-state index in [1.54, 1.807) is 13.0 Å². The highest BCUT2D eigenvalue weighted by Crippen LogP contribution is 2.13. The summed E-state index contributed by atoms with van der Waals surface area (Å²) in [6.07, 6.45) is 5.09. The molecule has 0 rings (SSSR count). The number of rotatable bonds is 6. The van der Waals surface area contributed by atoms with E-state index in [0.717, 1.165) is 18.4 Å². The van der Waals surface area contributed by atoms with E-state index in [9.17, 15) is 9.90 Å². The summed E-state index contributed by atoms with van der Waals surface area (Å²) in [5, 5.41) is 9.49. The van der Waals surface area contributed by atoms with Gasteiger partial charge in [-0.25, -0.2) is 0 Å². The molecule has 0 aromatic rings. The monoisotopic (exact) mass is 225 g/mol. The zero-order valence-electron chi connectivity index (χ0n) is 10.7. The van der Waals surface area contributed by atoms with E-state index < -0.39 is 5.91 Å². The second-order valence-electron chi connectivity index (χ2n) is 4.38. The molecule has 0 saturated heterocycles. The highest BCUT2D eigenvalue weighted by atomic mass is 16.3. The highest BCUT2D eigenvalue weighted by Gasteiger charge is 2.06. The maximum atomic E-state index is 10.8. The predicted octanol–water partition coefficient (Wildman–Crippen LogP) is 2.16. The van der Waals surface area contributed by atoms with Gasteiger partial charge in [0, 0.05) is 5.57 Å². The molecule has 0 aromatic carbocycles. The summed E-state index contributed by atoms with van der Waals surface area (Å²) < 4.78 is 0. The fraction of sp³-hybridized carbons (Fsp3) is 0.615. The minimum atomic E-state index is -0.394. The predicted molar refractivity (Wildman–Crippen MR) is 66.8 cm³/mol. The standard InChI is InChI=1S/C13H23NO2/c1-5-12(15)8-10(3)6-9(2)7-11(4)13(14)16/h6-7,10,12,15H,5,8H2,1-4H3,(H2,14,16)/b9-6+,11-7+/t10-,12?/m0/s1. The first kappa shape index (κ1) is 14.9. The lowest BCUT2D eigenvalue weighted by Gasteiger charge is -2.12. The fourth-order valence-corrected chi connectivity index (χ4v) is 1.57. The molecule has 1 amide bonds. The van der Waals surface area contributed by atoms with E-state index in [1.807, 2.05) is 19.9 Å². The Kier molecular flexibility index (Phi) is 6.74. The summed E-state index contributed by atoms with van der Waals surface area (Å²) in [5.41, 5.74) is 6.70. The van der Waals surface area contributed by atoms with Crippen molar-refractivity contribution in [2.45, 2.75) is 46.6 Å². The molecule has 1 unspecified atom stereocenters. The van der Waals surface area contributed by atoms with Crippen molar-refractivity contribution in [3.8, 4) is 0 Å². The van der Waals surface area contributed by atoms with Crippen molar-refractivity contribution in [3.63, 3.8) is 0 Å². The SMILES string of the molecule is CCC(O)C[C@@H](C)/C=C(C)/C=C(\C)C(N)=O. The Morgan fingerprint density at radius 1 is 1.44 bits per heavy atom. The summed E-state index contributed by atoms with van der Waals surface area (Å²) in [5.74, 6) is -0.0964. The minimum Gasteiger partial charge on any atom is -0.393 e. The van der Waals surface area contributed by atoms with Gasteiger partial charge in [0.15, 0.2) is 0 Å². The third kappa shape index (κ3) is 6.40. The molecule has 0 saturated carbocycles. The topological polar surface area (TPSA) is 63.3 Å². The molecule has 0 fully saturated rings. The second kappa shape index (κ2) is 7.23. The van der Waals surface area contributed by atoms with Crippen LogP contribution < -0.4 is 5.73 Å². The lowest BCUT2D eigenvalue weighted by Crippen LogP contribution is -2.12. The van der Waals surface area contributed by atoms with Gasteiger partial charge < -0.3 is 10.8 Å². The van der Waals surface area contributed by atoms with Crippen molar-refractivity contribution >= 4 is 5.91 Å². The molecule has 2 atom stereocenters. The number of aliphatic hydroxyl groups excluding tert-OH is 1. The van der Waals surface area contributed by atoms with Gasteiger partial charge in [0.05, 0.1) is 6.10 Å². The van der Waals surface area contributed by atoms with Gasteiger partial charge in [0.2, 0.25) is 5.91 Å². The Morgan fingerprint density at radius 2 is 2.00 bits per heavy atom. The number of hydrogen-bond donors (Lipinski definition) is 2. The van der Waals surface area contributed by atoms with Crippen LogP contribution in [0.1, 0.15) is 40.5 Å². The van der Waals surface area contributed by atoms with Gasteiger partial charge in [-0.15, -0.1) is 0 Å². The number of primary amides is 1. The molecule has 0 spiro atoms. The summed E-state index contributed by atoms with van der Waals surface area (Å²) in [6.45, 7) is 7.65. The fourth-order valence-electron chi connectivity index (χ4n) is 1.57. The van der Waals surface area contributed by atoms with Gasteiger partial charge in [0.25, 0.3) is 0 Å². The zero-order chi connectivity index (χ0) is 12.7. The number of nitrogens with two attached hydrogens (primary N) is 1. The van der Waals surface area contributed by atoms with Crippen molar-refractivity contribution in [3.05, 3.63) is 23.3 Å². The van der Waals surface area contributed by atoms with E-state index >= 15 is 0 Å². The van der Waals surface area contributed by atoms with Crippen LogP contribution in [0.15, 0.2) is 23.3 Å². The molecule has 0 bridgehead atoms. The molecule has 92 valence electrons. The van der Waals surface area contributed by atoms with E-state index in [0.29, 0.717) is 11.5 Å². The van der Waals surface area contributed by atoms with Gasteiger partial charge in [-0.05, 0) is 32.6 Å². The molecule has 0 aromatic heterocycles. The summed E-state index contributed by atoms with van der Waals surface area (Å²) in [6, 6.07) is 0. The van der Waals surface area contributed by atoms with Gasteiger partial charge >= 0.3 is 0 Å². The Bertz CT molecular complexity index is 292. The van der Waals surface area contributed by atoms with Crippen LogP contribution in [-0.4, -0.2) is 17.1 Å². The maximum absolute atomic E-state index is 10.8. The normalized spacial score (nSPS) is 17.1. The van der Waals surface area contributed by atoms with Crippen molar-refractivity contribution in [2.24, 2.45) is 11.7 Å². The van der Waals surface area contributed by atoms with Gasteiger partial charge in [-0.1, -0.05) is 31.6 Å². The molecular weight excluding hydrogens is 202 g/mol. The molecule has 0 heterocycles. The van der Waals surface area contributed by atoms with E-state index in [4.69, 9.17) is 5.73 Å². The molecule has 3 nitrogen and oxygen atoms in total. The largest absolute Gasteiger partial charge is 0.393 e. The van der Waals surface area contributed by atoms with Crippen molar-refractivity contribution in [1.29, 1.82) is 0 Å². The van der Waals surface area contributed by atoms with Crippen LogP contribution in [0.2, 0.25) is 0 Å². The van der Waals surface area contributed by atoms with Gasteiger partial charge in [-0.2, -0.15) is 0 Å². The highest BCUT2D eigenvalue weighted by molar-refractivity contribution is 5.91. The first-order chi connectivity index (χ1) is 7.36. The van der Waals surface area contributed by atoms with E-state index in [2.05, 4.69) is 6.92 Å². The number of amides is 1. The lowest BCUT2D eigenvalue weighted by molar-refractivity contribution is -0.114. The van der Waals surface area contributed by atoms with Crippen molar-refractivity contribution in [1.82, 2.24) is 0 Å². The lowest BCUT2D eigenvalue weighted by atomic mass is 9.99. The Morgan fingerprint density at radius 3 is 2.44 bits per heavy atom. The zero-order valence-corrected chi connectivity index (χ0v) is 10.7. The van der Waals surface area contributed by atoms with Crippen molar-refractivity contribution < 1.29 is 9.90 Å². The summed E-state index contributed by atoms with van der Waals surface area (Å²) in [4.78, 5) is 10.8. The first-order valence-electron chi connectivity index (χ1n) is 5.71. The molecule has 0 aliphatic heterocycles. The quantitative estimate of drug-likeness (QED) is 0.537. The molecular formula is C13H23NO2. The molecule has 0 radical (unpaired) electrons. The minimum absolute atomic E-state index is 0.250. The van der Waals surface area contributed by atoms with Gasteiger partial charge in [0.1, 0.15) is 0 Å². The summed E-state index contributed by atoms with van der Waals surface area (Å²) in [7, 11) is 0. The maximum Gasteiger partial charge on any atom is 0.244 e. The number of carbonyl (C=O) groups is 1. The first-order valence-corrected chi connectivity index (χ1v) is 5.71. The number of carbonyl (C=O) groups excluding carboxylic acids is 1. The van der Waals surface area contributed by atoms with E-state index in [1.165, 1.54) is 0 Å². The molecule has 0 aliphatic carbocycles. The van der Waals surface area contributed by atoms with Crippen LogP contribution in [0.3, 0.4) is 0 Å². The Labute approximate surface area is 98.0 Å². The molecule has 3 heteroatoms. The second-order valence-corrected chi connectivity index (χ2v) is 4.38. The number of aliphatic hydroxyl groups is 1. The van der Waals surface area contributed by atoms with Crippen LogP contribution in [0.25, 0.3) is 0 Å². The average Bonchev–Trinajstić information content (AvgIpc) is 2.16. The number of allylic oxidation sites excluding steroid dienone is 3. The molecule has 16 heavy (non-hydrogen) atoms. The van der Waals surface area contributed by atoms with E-state index in [-0.39, 0.29) is 6.10 Å². The van der Waals surface area contributed by atoms with Crippen LogP contribution in [0.5, 0.6) is 0 Å². The smallest absolute Gasteiger partial charge is 0.244 e. The molecule has 3 N–H and O–H groups in total. The van der Waals surface area contributed by atoms with Crippen LogP contribution in [-0.2, 0) is 4.79 Å².